The van der Waals surface area contributed by atoms with Gasteiger partial charge in [-0.1, -0.05) is 0 Å². The molecule has 0 aliphatic heterocycles. The van der Waals surface area contributed by atoms with Crippen molar-refractivity contribution in [1.29, 1.82) is 5.26 Å². The maximum absolute atomic E-state index is 8.99. The molecule has 4 nitrogen and oxygen atoms in total. The number of aromatic nitrogens is 2. The van der Waals surface area contributed by atoms with Crippen LogP contribution in [0.15, 0.2) is 22.8 Å². The number of hydrogen-bond acceptors (Lipinski definition) is 4. The molecular weight excluding hydrogens is 330 g/mol. The van der Waals surface area contributed by atoms with E-state index in [9.17, 15) is 0 Å². The molecule has 0 atom stereocenters. The lowest BCUT2D eigenvalue weighted by atomic mass is 10.1. The Morgan fingerprint density at radius 1 is 1.19 bits per heavy atom. The second-order valence-corrected chi connectivity index (χ2v) is 6.13. The molecule has 0 saturated heterocycles. The van der Waals surface area contributed by atoms with Gasteiger partial charge in [-0.15, -0.1) is 0 Å². The molecule has 5 heteroatoms. The Balaban J connectivity index is 1.95. The van der Waals surface area contributed by atoms with Gasteiger partial charge in [0.2, 0.25) is 5.88 Å². The van der Waals surface area contributed by atoms with Gasteiger partial charge < -0.3 is 4.74 Å². The van der Waals surface area contributed by atoms with Crippen LogP contribution < -0.4 is 4.74 Å². The lowest BCUT2D eigenvalue weighted by molar-refractivity contribution is 0.451. The van der Waals surface area contributed by atoms with E-state index >= 15 is 0 Å². The molecule has 1 aromatic carbocycles. The number of aryl methyl sites for hydroxylation is 2. The number of rotatable bonds is 3. The minimum absolute atomic E-state index is 0.466. The molecule has 1 aliphatic carbocycles. The molecule has 3 rings (SSSR count). The summed E-state index contributed by atoms with van der Waals surface area (Å²) >= 11 is 3.41. The van der Waals surface area contributed by atoms with Crippen molar-refractivity contribution in [3.05, 3.63) is 45.3 Å². The zero-order valence-electron chi connectivity index (χ0n) is 11.9. The average molecular weight is 344 g/mol. The first-order valence-electron chi connectivity index (χ1n) is 6.80. The van der Waals surface area contributed by atoms with Crippen molar-refractivity contribution >= 4 is 15.9 Å². The smallest absolute Gasteiger partial charge is 0.223 e. The Bertz CT molecular complexity index is 725. The molecule has 0 unspecified atom stereocenters. The summed E-state index contributed by atoms with van der Waals surface area (Å²) in [6.45, 7) is 3.86. The van der Waals surface area contributed by atoms with Crippen LogP contribution in [-0.2, 0) is 0 Å². The van der Waals surface area contributed by atoms with Crippen molar-refractivity contribution in [3.8, 4) is 17.7 Å². The zero-order valence-corrected chi connectivity index (χ0v) is 13.4. The van der Waals surface area contributed by atoms with Crippen LogP contribution in [0.25, 0.3) is 0 Å². The molecule has 21 heavy (non-hydrogen) atoms. The van der Waals surface area contributed by atoms with Gasteiger partial charge in [-0.3, -0.25) is 0 Å². The summed E-state index contributed by atoms with van der Waals surface area (Å²) < 4.78 is 6.68. The maximum atomic E-state index is 8.99. The number of halogens is 1. The zero-order chi connectivity index (χ0) is 15.0. The Morgan fingerprint density at radius 3 is 2.43 bits per heavy atom. The van der Waals surface area contributed by atoms with Crippen LogP contribution in [0.5, 0.6) is 11.6 Å². The van der Waals surface area contributed by atoms with Crippen molar-refractivity contribution in [2.24, 2.45) is 0 Å². The largest absolute Gasteiger partial charge is 0.438 e. The van der Waals surface area contributed by atoms with E-state index < -0.39 is 0 Å². The lowest BCUT2D eigenvalue weighted by Gasteiger charge is -2.12. The molecule has 2 aromatic rings. The van der Waals surface area contributed by atoms with E-state index in [1.54, 1.807) is 6.07 Å². The third kappa shape index (κ3) is 3.06. The van der Waals surface area contributed by atoms with E-state index in [2.05, 4.69) is 32.0 Å². The Morgan fingerprint density at radius 2 is 1.86 bits per heavy atom. The highest BCUT2D eigenvalue weighted by molar-refractivity contribution is 9.10. The Hall–Kier alpha value is -1.93. The van der Waals surface area contributed by atoms with Gasteiger partial charge >= 0.3 is 0 Å². The van der Waals surface area contributed by atoms with Crippen LogP contribution >= 0.6 is 15.9 Å². The summed E-state index contributed by atoms with van der Waals surface area (Å²) in [6, 6.07) is 7.56. The molecule has 1 fully saturated rings. The first-order valence-corrected chi connectivity index (χ1v) is 7.60. The van der Waals surface area contributed by atoms with Gasteiger partial charge in [-0.2, -0.15) is 10.2 Å². The number of hydrogen-bond donors (Lipinski definition) is 0. The van der Waals surface area contributed by atoms with Crippen molar-refractivity contribution in [2.75, 3.05) is 0 Å². The van der Waals surface area contributed by atoms with Gasteiger partial charge in [0, 0.05) is 12.0 Å². The second kappa shape index (κ2) is 5.45. The van der Waals surface area contributed by atoms with E-state index in [0.717, 1.165) is 40.1 Å². The fraction of sp³-hybridized carbons (Fsp3) is 0.312. The summed E-state index contributed by atoms with van der Waals surface area (Å²) in [4.78, 5) is 8.88. The van der Waals surface area contributed by atoms with Crippen LogP contribution in [0, 0.1) is 25.2 Å². The van der Waals surface area contributed by atoms with Crippen molar-refractivity contribution in [3.63, 3.8) is 0 Å². The number of nitrogens with zero attached hydrogens (tertiary/aromatic N) is 3. The Labute approximate surface area is 131 Å². The highest BCUT2D eigenvalue weighted by Crippen LogP contribution is 2.39. The molecule has 0 spiro atoms. The molecule has 1 saturated carbocycles. The van der Waals surface area contributed by atoms with Crippen LogP contribution in [0.2, 0.25) is 0 Å². The molecule has 1 aromatic heterocycles. The fourth-order valence-corrected chi connectivity index (χ4v) is 2.65. The van der Waals surface area contributed by atoms with Gasteiger partial charge in [-0.05, 0) is 65.9 Å². The van der Waals surface area contributed by atoms with Crippen LogP contribution in [0.1, 0.15) is 41.3 Å². The molecule has 106 valence electrons. The van der Waals surface area contributed by atoms with E-state index in [4.69, 9.17) is 10.00 Å². The molecule has 0 radical (unpaired) electrons. The molecule has 0 N–H and O–H groups in total. The van der Waals surface area contributed by atoms with Crippen LogP contribution in [0.3, 0.4) is 0 Å². The first-order chi connectivity index (χ1) is 10.1. The van der Waals surface area contributed by atoms with Crippen molar-refractivity contribution < 1.29 is 4.74 Å². The predicted molar refractivity (Wildman–Crippen MR) is 82.4 cm³/mol. The highest BCUT2D eigenvalue weighted by Gasteiger charge is 2.27. The quantitative estimate of drug-likeness (QED) is 0.775. The topological polar surface area (TPSA) is 58.8 Å². The van der Waals surface area contributed by atoms with E-state index in [1.165, 1.54) is 0 Å². The SMILES string of the molecule is Cc1cc(C#N)cc(C)c1Oc1cc(Br)nc(C2CC2)n1. The lowest BCUT2D eigenvalue weighted by Crippen LogP contribution is -1.99. The van der Waals surface area contributed by atoms with E-state index in [-0.39, 0.29) is 0 Å². The minimum Gasteiger partial charge on any atom is -0.438 e. The molecule has 1 aliphatic rings. The normalized spacial score (nSPS) is 13.8. The van der Waals surface area contributed by atoms with Crippen LogP contribution in [0.4, 0.5) is 0 Å². The third-order valence-corrected chi connectivity index (χ3v) is 3.83. The molecule has 0 bridgehead atoms. The Kier molecular flexibility index (Phi) is 3.64. The highest BCUT2D eigenvalue weighted by atomic mass is 79.9. The average Bonchev–Trinajstić information content (AvgIpc) is 3.26. The summed E-state index contributed by atoms with van der Waals surface area (Å²) in [6.07, 6.45) is 2.29. The molecule has 1 heterocycles. The number of nitriles is 1. The van der Waals surface area contributed by atoms with E-state index in [1.807, 2.05) is 26.0 Å². The second-order valence-electron chi connectivity index (χ2n) is 5.31. The minimum atomic E-state index is 0.466. The van der Waals surface area contributed by atoms with Crippen LogP contribution in [-0.4, -0.2) is 9.97 Å². The van der Waals surface area contributed by atoms with Crippen molar-refractivity contribution in [1.82, 2.24) is 9.97 Å². The standard InChI is InChI=1S/C16H14BrN3O/c1-9-5-11(8-18)6-10(2)15(9)21-14-7-13(17)19-16(20-14)12-3-4-12/h5-7,12H,3-4H2,1-2H3. The predicted octanol–water partition coefficient (Wildman–Crippen LogP) is 4.40. The van der Waals surface area contributed by atoms with Gasteiger partial charge in [0.15, 0.2) is 0 Å². The molecule has 0 amide bonds. The summed E-state index contributed by atoms with van der Waals surface area (Å²) in [5.74, 6) is 2.59. The van der Waals surface area contributed by atoms with Gasteiger partial charge in [0.25, 0.3) is 0 Å². The van der Waals surface area contributed by atoms with Crippen molar-refractivity contribution in [2.45, 2.75) is 32.6 Å². The van der Waals surface area contributed by atoms with E-state index in [0.29, 0.717) is 17.4 Å². The monoisotopic (exact) mass is 343 g/mol. The number of ether oxygens (including phenoxy) is 1. The fourth-order valence-electron chi connectivity index (χ4n) is 2.27. The first kappa shape index (κ1) is 14.0. The van der Waals surface area contributed by atoms with Gasteiger partial charge in [0.05, 0.1) is 11.6 Å². The van der Waals surface area contributed by atoms with Gasteiger partial charge in [0.1, 0.15) is 16.2 Å². The molecular formula is C16H14BrN3O. The number of benzene rings is 1. The maximum Gasteiger partial charge on any atom is 0.223 e. The third-order valence-electron chi connectivity index (χ3n) is 3.43. The summed E-state index contributed by atoms with van der Waals surface area (Å²) in [5, 5.41) is 8.99. The summed E-state index contributed by atoms with van der Waals surface area (Å²) in [5.41, 5.74) is 2.49. The van der Waals surface area contributed by atoms with Gasteiger partial charge in [-0.25, -0.2) is 4.98 Å². The summed E-state index contributed by atoms with van der Waals surface area (Å²) in [7, 11) is 0.